The minimum Gasteiger partial charge on any atom is -0.469 e. The highest BCUT2D eigenvalue weighted by Crippen LogP contribution is 2.48. The van der Waals surface area contributed by atoms with Gasteiger partial charge in [-0.3, -0.25) is 9.48 Å². The third-order valence-corrected chi connectivity index (χ3v) is 5.74. The van der Waals surface area contributed by atoms with Gasteiger partial charge < -0.3 is 15.4 Å². The van der Waals surface area contributed by atoms with Crippen molar-refractivity contribution in [2.75, 3.05) is 12.4 Å². The van der Waals surface area contributed by atoms with Crippen molar-refractivity contribution >= 4 is 17.7 Å². The van der Waals surface area contributed by atoms with Gasteiger partial charge in [-0.1, -0.05) is 0 Å². The van der Waals surface area contributed by atoms with Gasteiger partial charge in [-0.25, -0.2) is 4.79 Å². The van der Waals surface area contributed by atoms with Crippen LogP contribution in [0.1, 0.15) is 50.5 Å². The van der Waals surface area contributed by atoms with Crippen LogP contribution in [0, 0.1) is 31.6 Å². The Morgan fingerprint density at radius 1 is 1.24 bits per heavy atom. The van der Waals surface area contributed by atoms with Gasteiger partial charge in [0.1, 0.15) is 0 Å². The van der Waals surface area contributed by atoms with Crippen LogP contribution in [0.15, 0.2) is 0 Å². The smallest absolute Gasteiger partial charge is 0.319 e. The van der Waals surface area contributed by atoms with Crippen LogP contribution in [-0.4, -0.2) is 34.9 Å². The van der Waals surface area contributed by atoms with Crippen LogP contribution in [0.4, 0.5) is 10.5 Å². The highest BCUT2D eigenvalue weighted by atomic mass is 16.5. The van der Waals surface area contributed by atoms with Gasteiger partial charge in [0, 0.05) is 12.1 Å². The zero-order valence-electron chi connectivity index (χ0n) is 15.6. The zero-order chi connectivity index (χ0) is 18.3. The van der Waals surface area contributed by atoms with E-state index in [0.717, 1.165) is 36.3 Å². The van der Waals surface area contributed by atoms with Crippen LogP contribution in [0.25, 0.3) is 0 Å². The molecule has 138 valence electrons. The molecule has 0 radical (unpaired) electrons. The summed E-state index contributed by atoms with van der Waals surface area (Å²) in [6, 6.07) is -0.195. The summed E-state index contributed by atoms with van der Waals surface area (Å²) in [7, 11) is 1.42. The standard InChI is InChI=1S/C18H28N4O3/c1-9(2)22-11(4)15(10(3)21-22)19-18(24)20-16-13-7-6-12(8-13)14(16)17(23)25-5/h9,12-14,16H,6-8H2,1-5H3,(H2,19,20,24)/t12-,13-,14+,16+/m0/s1. The van der Waals surface area contributed by atoms with Crippen LogP contribution in [-0.2, 0) is 9.53 Å². The van der Waals surface area contributed by atoms with E-state index in [-0.39, 0.29) is 30.0 Å². The molecule has 2 N–H and O–H groups in total. The molecule has 7 nitrogen and oxygen atoms in total. The molecular formula is C18H28N4O3. The van der Waals surface area contributed by atoms with Crippen molar-refractivity contribution in [2.45, 2.75) is 59.0 Å². The van der Waals surface area contributed by atoms with Crippen LogP contribution < -0.4 is 10.6 Å². The molecule has 7 heteroatoms. The van der Waals surface area contributed by atoms with E-state index in [2.05, 4.69) is 29.6 Å². The molecule has 0 aromatic carbocycles. The van der Waals surface area contributed by atoms with E-state index in [9.17, 15) is 9.59 Å². The van der Waals surface area contributed by atoms with Gasteiger partial charge >= 0.3 is 12.0 Å². The number of methoxy groups -OCH3 is 1. The lowest BCUT2D eigenvalue weighted by Crippen LogP contribution is -2.48. The Kier molecular flexibility index (Phi) is 4.75. The number of carbonyl (C=O) groups is 2. The number of hydrogen-bond acceptors (Lipinski definition) is 4. The van der Waals surface area contributed by atoms with Crippen molar-refractivity contribution in [1.29, 1.82) is 0 Å². The highest BCUT2D eigenvalue weighted by molar-refractivity contribution is 5.91. The Bertz CT molecular complexity index is 682. The molecule has 2 fully saturated rings. The third kappa shape index (κ3) is 3.12. The van der Waals surface area contributed by atoms with Crippen molar-refractivity contribution in [3.63, 3.8) is 0 Å². The molecule has 1 heterocycles. The SMILES string of the molecule is COC(=O)[C@@H]1[C@H]2CC[C@@H](C2)[C@H]1NC(=O)Nc1c(C)nn(C(C)C)c1C. The Hall–Kier alpha value is -2.05. The van der Waals surface area contributed by atoms with Gasteiger partial charge in [-0.05, 0) is 58.8 Å². The van der Waals surface area contributed by atoms with E-state index >= 15 is 0 Å². The first-order valence-electron chi connectivity index (χ1n) is 9.04. The molecule has 1 aromatic heterocycles. The van der Waals surface area contributed by atoms with E-state index in [1.54, 1.807) is 0 Å². The Labute approximate surface area is 148 Å². The summed E-state index contributed by atoms with van der Waals surface area (Å²) in [5.74, 6) is 0.253. The van der Waals surface area contributed by atoms with E-state index in [4.69, 9.17) is 4.74 Å². The molecule has 2 saturated carbocycles. The number of carbonyl (C=O) groups excluding carboxylic acids is 2. The number of ether oxygens (including phenoxy) is 1. The maximum Gasteiger partial charge on any atom is 0.319 e. The van der Waals surface area contributed by atoms with Gasteiger partial charge in [0.15, 0.2) is 0 Å². The lowest BCUT2D eigenvalue weighted by molar-refractivity contribution is -0.148. The number of nitrogens with one attached hydrogen (secondary N) is 2. The summed E-state index contributed by atoms with van der Waals surface area (Å²) < 4.78 is 6.86. The van der Waals surface area contributed by atoms with Crippen molar-refractivity contribution in [1.82, 2.24) is 15.1 Å². The van der Waals surface area contributed by atoms with Crippen molar-refractivity contribution < 1.29 is 14.3 Å². The topological polar surface area (TPSA) is 85.2 Å². The van der Waals surface area contributed by atoms with Gasteiger partial charge in [0.2, 0.25) is 0 Å². The molecular weight excluding hydrogens is 320 g/mol. The van der Waals surface area contributed by atoms with E-state index in [1.807, 2.05) is 18.5 Å². The molecule has 0 unspecified atom stereocenters. The monoisotopic (exact) mass is 348 g/mol. The lowest BCUT2D eigenvalue weighted by Gasteiger charge is -2.29. The van der Waals surface area contributed by atoms with Crippen LogP contribution in [0.3, 0.4) is 0 Å². The number of urea groups is 1. The second-order valence-corrected chi connectivity index (χ2v) is 7.59. The van der Waals surface area contributed by atoms with Gasteiger partial charge in [0.25, 0.3) is 0 Å². The minimum atomic E-state index is -0.277. The van der Waals surface area contributed by atoms with Crippen LogP contribution in [0.2, 0.25) is 0 Å². The summed E-state index contributed by atoms with van der Waals surface area (Å²) in [5.41, 5.74) is 2.46. The number of fused-ring (bicyclic) bond motifs is 2. The van der Waals surface area contributed by atoms with Crippen LogP contribution in [0.5, 0.6) is 0 Å². The minimum absolute atomic E-state index is 0.146. The molecule has 3 rings (SSSR count). The van der Waals surface area contributed by atoms with Crippen molar-refractivity contribution in [3.8, 4) is 0 Å². The fourth-order valence-electron chi connectivity index (χ4n) is 4.62. The number of nitrogens with zero attached hydrogens (tertiary/aromatic N) is 2. The average molecular weight is 348 g/mol. The van der Waals surface area contributed by atoms with Crippen LogP contribution >= 0.6 is 0 Å². The molecule has 2 amide bonds. The fraction of sp³-hybridized carbons (Fsp3) is 0.722. The quantitative estimate of drug-likeness (QED) is 0.819. The first kappa shape index (κ1) is 17.8. The maximum atomic E-state index is 12.6. The maximum absolute atomic E-state index is 12.6. The lowest BCUT2D eigenvalue weighted by atomic mass is 9.84. The van der Waals surface area contributed by atoms with E-state index in [0.29, 0.717) is 11.8 Å². The average Bonchev–Trinajstić information content (AvgIpc) is 3.23. The third-order valence-electron chi connectivity index (χ3n) is 5.74. The molecule has 25 heavy (non-hydrogen) atoms. The zero-order valence-corrected chi connectivity index (χ0v) is 15.6. The van der Waals surface area contributed by atoms with Gasteiger partial charge in [-0.15, -0.1) is 0 Å². The predicted octanol–water partition coefficient (Wildman–Crippen LogP) is 2.79. The number of esters is 1. The predicted molar refractivity (Wildman–Crippen MR) is 94.4 cm³/mol. The van der Waals surface area contributed by atoms with Gasteiger partial charge in [0.05, 0.1) is 30.1 Å². The number of aromatic nitrogens is 2. The molecule has 4 atom stereocenters. The number of rotatable bonds is 4. The second kappa shape index (κ2) is 6.69. The van der Waals surface area contributed by atoms with Crippen molar-refractivity contribution in [3.05, 3.63) is 11.4 Å². The number of aryl methyl sites for hydroxylation is 1. The Balaban J connectivity index is 1.72. The van der Waals surface area contributed by atoms with E-state index in [1.165, 1.54) is 7.11 Å². The number of amides is 2. The van der Waals surface area contributed by atoms with Crippen molar-refractivity contribution in [2.24, 2.45) is 17.8 Å². The fourth-order valence-corrected chi connectivity index (χ4v) is 4.62. The van der Waals surface area contributed by atoms with E-state index < -0.39 is 0 Å². The largest absolute Gasteiger partial charge is 0.469 e. The summed E-state index contributed by atoms with van der Waals surface area (Å²) in [5, 5.41) is 10.5. The Morgan fingerprint density at radius 3 is 2.52 bits per heavy atom. The summed E-state index contributed by atoms with van der Waals surface area (Å²) in [4.78, 5) is 24.7. The Morgan fingerprint density at radius 2 is 1.92 bits per heavy atom. The highest BCUT2D eigenvalue weighted by Gasteiger charge is 2.52. The molecule has 2 aliphatic carbocycles. The van der Waals surface area contributed by atoms with Gasteiger partial charge in [-0.2, -0.15) is 5.10 Å². The summed E-state index contributed by atoms with van der Waals surface area (Å²) in [6.07, 6.45) is 3.10. The molecule has 0 saturated heterocycles. The molecule has 2 bridgehead atoms. The number of anilines is 1. The normalized spacial score (nSPS) is 27.6. The first-order chi connectivity index (χ1) is 11.8. The summed E-state index contributed by atoms with van der Waals surface area (Å²) >= 11 is 0. The molecule has 1 aromatic rings. The first-order valence-corrected chi connectivity index (χ1v) is 9.04. The molecule has 2 aliphatic rings. The second-order valence-electron chi connectivity index (χ2n) is 7.59. The number of hydrogen-bond donors (Lipinski definition) is 2. The summed E-state index contributed by atoms with van der Waals surface area (Å²) in [6.45, 7) is 7.94. The molecule has 0 aliphatic heterocycles. The molecule has 0 spiro atoms.